The van der Waals surface area contributed by atoms with Gasteiger partial charge in [-0.15, -0.1) is 11.3 Å². The van der Waals surface area contributed by atoms with Gasteiger partial charge in [0.05, 0.1) is 24.6 Å². The maximum Gasteiger partial charge on any atom is 0.144 e. The summed E-state index contributed by atoms with van der Waals surface area (Å²) < 4.78 is 7.60. The third-order valence-electron chi connectivity index (χ3n) is 9.13. The molecule has 1 aliphatic carbocycles. The first-order valence-electron chi connectivity index (χ1n) is 13.9. The van der Waals surface area contributed by atoms with Crippen molar-refractivity contribution in [2.45, 2.75) is 69.8 Å². The summed E-state index contributed by atoms with van der Waals surface area (Å²) in [5.41, 5.74) is 1.27. The second kappa shape index (κ2) is 10.4. The topological polar surface area (TPSA) is 42.4 Å². The van der Waals surface area contributed by atoms with Crippen molar-refractivity contribution in [1.29, 1.82) is 0 Å². The fourth-order valence-electron chi connectivity index (χ4n) is 7.04. The molecule has 1 saturated carbocycles. The summed E-state index contributed by atoms with van der Waals surface area (Å²) in [6.07, 6.45) is 10.7. The monoisotopic (exact) mass is 503 g/mol. The van der Waals surface area contributed by atoms with Gasteiger partial charge in [-0.2, -0.15) is 0 Å². The highest BCUT2D eigenvalue weighted by atomic mass is 32.1. The Labute approximate surface area is 219 Å². The molecule has 1 N–H and O–H groups in total. The molecule has 2 aromatic carbocycles. The van der Waals surface area contributed by atoms with E-state index in [1.165, 1.54) is 55.6 Å². The number of ether oxygens (including phenoxy) is 1. The molecule has 4 aliphatic rings. The molecule has 3 aromatic rings. The quantitative estimate of drug-likeness (QED) is 0.368. The van der Waals surface area contributed by atoms with E-state index in [1.807, 2.05) is 18.2 Å². The molecule has 1 aromatic heterocycles. The summed E-state index contributed by atoms with van der Waals surface area (Å²) >= 11 is 1.75. The summed E-state index contributed by atoms with van der Waals surface area (Å²) in [6, 6.07) is 20.9. The van der Waals surface area contributed by atoms with Crippen molar-refractivity contribution < 1.29 is 14.3 Å². The average Bonchev–Trinajstić information content (AvgIpc) is 3.42. The van der Waals surface area contributed by atoms with E-state index in [9.17, 15) is 5.11 Å². The molecule has 4 heterocycles. The van der Waals surface area contributed by atoms with E-state index in [0.29, 0.717) is 18.6 Å². The molecule has 5 heteroatoms. The number of hydrogen-bond donors (Lipinski definition) is 1. The lowest BCUT2D eigenvalue weighted by atomic mass is 9.73. The van der Waals surface area contributed by atoms with Crippen LogP contribution < -0.4 is 0 Å². The zero-order valence-electron chi connectivity index (χ0n) is 21.2. The van der Waals surface area contributed by atoms with Gasteiger partial charge < -0.3 is 14.3 Å². The van der Waals surface area contributed by atoms with Crippen LogP contribution in [0.5, 0.6) is 0 Å². The van der Waals surface area contributed by atoms with Crippen LogP contribution in [0.15, 0.2) is 66.9 Å². The minimum atomic E-state index is -0.985. The zero-order chi connectivity index (χ0) is 24.4. The predicted octanol–water partition coefficient (Wildman–Crippen LogP) is 6.29. The number of nitrogens with zero attached hydrogens (tertiary/aromatic N) is 2. The van der Waals surface area contributed by atoms with Crippen LogP contribution in [0.4, 0.5) is 0 Å². The van der Waals surface area contributed by atoms with E-state index in [1.54, 1.807) is 11.3 Å². The molecule has 2 unspecified atom stereocenters. The van der Waals surface area contributed by atoms with Crippen molar-refractivity contribution in [2.24, 2.45) is 11.8 Å². The van der Waals surface area contributed by atoms with E-state index in [0.717, 1.165) is 41.0 Å². The molecular weight excluding hydrogens is 464 g/mol. The number of piperidine rings is 3. The highest BCUT2D eigenvalue weighted by Crippen LogP contribution is 2.46. The van der Waals surface area contributed by atoms with Crippen molar-refractivity contribution in [1.82, 2.24) is 4.98 Å². The number of fused-ring (bicyclic) bond motifs is 3. The Morgan fingerprint density at radius 1 is 0.917 bits per heavy atom. The Kier molecular flexibility index (Phi) is 7.00. The smallest absolute Gasteiger partial charge is 0.144 e. The van der Waals surface area contributed by atoms with Crippen LogP contribution >= 0.6 is 11.3 Å². The first kappa shape index (κ1) is 24.3. The van der Waals surface area contributed by atoms with Crippen LogP contribution in [0.2, 0.25) is 0 Å². The minimum Gasteiger partial charge on any atom is -0.378 e. The first-order valence-corrected chi connectivity index (χ1v) is 14.7. The third kappa shape index (κ3) is 4.79. The third-order valence-corrected chi connectivity index (χ3v) is 10.2. The minimum absolute atomic E-state index is 0.237. The Balaban J connectivity index is 1.20. The normalized spacial score (nSPS) is 28.1. The van der Waals surface area contributed by atoms with Crippen LogP contribution in [-0.4, -0.2) is 40.3 Å². The highest BCUT2D eigenvalue weighted by molar-refractivity contribution is 7.11. The lowest BCUT2D eigenvalue weighted by molar-refractivity contribution is -0.958. The zero-order valence-corrected chi connectivity index (χ0v) is 22.0. The lowest BCUT2D eigenvalue weighted by Gasteiger charge is -2.52. The van der Waals surface area contributed by atoms with Crippen LogP contribution in [-0.2, 0) is 23.5 Å². The molecule has 4 fully saturated rings. The number of aromatic nitrogens is 1. The molecule has 3 aliphatic heterocycles. The number of rotatable bonds is 8. The van der Waals surface area contributed by atoms with E-state index in [2.05, 4.69) is 48.7 Å². The van der Waals surface area contributed by atoms with Crippen molar-refractivity contribution in [3.63, 3.8) is 0 Å². The van der Waals surface area contributed by atoms with Crippen molar-refractivity contribution in [2.75, 3.05) is 19.6 Å². The van der Waals surface area contributed by atoms with Crippen molar-refractivity contribution in [3.05, 3.63) is 87.9 Å². The van der Waals surface area contributed by atoms with Crippen LogP contribution in [0.1, 0.15) is 66.0 Å². The molecule has 2 atom stereocenters. The molecule has 0 spiro atoms. The molecule has 0 amide bonds. The predicted molar refractivity (Wildman–Crippen MR) is 144 cm³/mol. The molecule has 7 rings (SSSR count). The van der Waals surface area contributed by atoms with Gasteiger partial charge in [-0.3, -0.25) is 0 Å². The molecular formula is C31H39N2O2S+. The lowest BCUT2D eigenvalue weighted by Crippen LogP contribution is -2.63. The van der Waals surface area contributed by atoms with Gasteiger partial charge in [0.25, 0.3) is 0 Å². The number of thiazole rings is 1. The van der Waals surface area contributed by atoms with E-state index in [4.69, 9.17) is 9.72 Å². The molecule has 0 radical (unpaired) electrons. The van der Waals surface area contributed by atoms with Crippen molar-refractivity contribution in [3.8, 4) is 0 Å². The Morgan fingerprint density at radius 2 is 1.61 bits per heavy atom. The Morgan fingerprint density at radius 3 is 2.33 bits per heavy atom. The van der Waals surface area contributed by atoms with Gasteiger partial charge in [0.15, 0.2) is 0 Å². The number of hydrogen-bond acceptors (Lipinski definition) is 4. The fraction of sp³-hybridized carbons (Fsp3) is 0.516. The summed E-state index contributed by atoms with van der Waals surface area (Å²) in [4.78, 5) is 6.21. The van der Waals surface area contributed by atoms with Crippen LogP contribution in [0.25, 0.3) is 0 Å². The second-order valence-corrected chi connectivity index (χ2v) is 12.5. The standard InChI is InChI=1S/C31H39N2O2S/c34-31(26-12-6-2-7-13-26,27-14-8-3-9-15-27)30-32-20-28(36-30)21-33-18-16-25(17-19-33)29(22-33)35-23-24-10-4-1-5-11-24/h1-2,4-7,10-13,20,25,27,29,34H,3,8-9,14-19,21-23H2/q+1. The van der Waals surface area contributed by atoms with E-state index in [-0.39, 0.29) is 5.92 Å². The summed E-state index contributed by atoms with van der Waals surface area (Å²) in [6.45, 7) is 5.27. The number of benzene rings is 2. The summed E-state index contributed by atoms with van der Waals surface area (Å²) in [5, 5.41) is 13.2. The van der Waals surface area contributed by atoms with E-state index < -0.39 is 5.60 Å². The number of quaternary nitrogens is 1. The molecule has 36 heavy (non-hydrogen) atoms. The summed E-state index contributed by atoms with van der Waals surface area (Å²) in [5.74, 6) is 0.932. The number of aliphatic hydroxyl groups is 1. The van der Waals surface area contributed by atoms with Crippen molar-refractivity contribution >= 4 is 11.3 Å². The molecule has 2 bridgehead atoms. The van der Waals surface area contributed by atoms with Gasteiger partial charge >= 0.3 is 0 Å². The maximum absolute atomic E-state index is 12.3. The summed E-state index contributed by atoms with van der Waals surface area (Å²) in [7, 11) is 0. The second-order valence-electron chi connectivity index (χ2n) is 11.4. The van der Waals surface area contributed by atoms with Gasteiger partial charge in [-0.1, -0.05) is 79.9 Å². The Hall–Kier alpha value is -2.05. The molecule has 4 nitrogen and oxygen atoms in total. The van der Waals surface area contributed by atoms with Gasteiger partial charge in [0.2, 0.25) is 0 Å². The fourth-order valence-corrected chi connectivity index (χ4v) is 8.28. The van der Waals surface area contributed by atoms with E-state index >= 15 is 0 Å². The molecule has 3 saturated heterocycles. The van der Waals surface area contributed by atoms with Gasteiger partial charge in [-0.25, -0.2) is 4.98 Å². The maximum atomic E-state index is 12.3. The first-order chi connectivity index (χ1) is 17.6. The Bertz CT molecular complexity index is 1120. The van der Waals surface area contributed by atoms with Gasteiger partial charge in [0, 0.05) is 25.0 Å². The SMILES string of the molecule is OC(c1ccccc1)(c1ncc(C[N+]23CCC(CC2)C(OCc2ccccc2)C3)s1)C1CCCCC1. The highest BCUT2D eigenvalue weighted by Gasteiger charge is 2.47. The van der Waals surface area contributed by atoms with Gasteiger partial charge in [0.1, 0.15) is 29.8 Å². The molecule has 190 valence electrons. The van der Waals surface area contributed by atoms with Crippen LogP contribution in [0, 0.1) is 11.8 Å². The van der Waals surface area contributed by atoms with Gasteiger partial charge in [-0.05, 0) is 29.9 Å². The average molecular weight is 504 g/mol. The van der Waals surface area contributed by atoms with Crippen LogP contribution in [0.3, 0.4) is 0 Å². The largest absolute Gasteiger partial charge is 0.378 e.